The molecule has 1 aliphatic carbocycles. The van der Waals surface area contributed by atoms with Gasteiger partial charge >= 0.3 is 0 Å². The van der Waals surface area contributed by atoms with Crippen LogP contribution in [0.25, 0.3) is 0 Å². The highest BCUT2D eigenvalue weighted by atomic mass is 15.2. The average Bonchev–Trinajstić information content (AvgIpc) is 3.28. The van der Waals surface area contributed by atoms with Crippen LogP contribution in [0.5, 0.6) is 0 Å². The molecule has 3 atom stereocenters. The quantitative estimate of drug-likeness (QED) is 0.898. The fourth-order valence-corrected chi connectivity index (χ4v) is 4.34. The Kier molecular flexibility index (Phi) is 4.89. The van der Waals surface area contributed by atoms with E-state index >= 15 is 0 Å². The van der Waals surface area contributed by atoms with Crippen molar-refractivity contribution in [2.75, 3.05) is 13.1 Å². The zero-order valence-corrected chi connectivity index (χ0v) is 14.5. The standard InChI is InChI=1S/C20H32N2/c1-4-20(18-7-8-18)22-12-17(11-19(21)13-22)10-16-6-5-14(2)15(3)9-16/h5-6,9,17-20H,4,7-8,10-13,21H2,1-3H3. The predicted octanol–water partition coefficient (Wildman–Crippen LogP) is 3.68. The molecule has 3 rings (SSSR count). The average molecular weight is 300 g/mol. The number of hydrogen-bond acceptors (Lipinski definition) is 2. The van der Waals surface area contributed by atoms with Gasteiger partial charge in [0, 0.05) is 25.2 Å². The lowest BCUT2D eigenvalue weighted by molar-refractivity contribution is 0.0942. The maximum Gasteiger partial charge on any atom is 0.0171 e. The van der Waals surface area contributed by atoms with Crippen molar-refractivity contribution in [2.24, 2.45) is 17.6 Å². The molecule has 1 aromatic carbocycles. The minimum absolute atomic E-state index is 0.359. The number of aryl methyl sites for hydroxylation is 2. The van der Waals surface area contributed by atoms with Crippen LogP contribution < -0.4 is 5.73 Å². The summed E-state index contributed by atoms with van der Waals surface area (Å²) in [6.07, 6.45) is 6.53. The van der Waals surface area contributed by atoms with E-state index < -0.39 is 0 Å². The van der Waals surface area contributed by atoms with Gasteiger partial charge in [0.25, 0.3) is 0 Å². The molecule has 2 nitrogen and oxygen atoms in total. The maximum atomic E-state index is 6.39. The Bertz CT molecular complexity index is 506. The van der Waals surface area contributed by atoms with Gasteiger partial charge in [-0.15, -0.1) is 0 Å². The summed E-state index contributed by atoms with van der Waals surface area (Å²) in [6, 6.07) is 8.10. The Morgan fingerprint density at radius 3 is 2.59 bits per heavy atom. The molecule has 1 aliphatic heterocycles. The largest absolute Gasteiger partial charge is 0.327 e. The summed E-state index contributed by atoms with van der Waals surface area (Å²) in [7, 11) is 0. The summed E-state index contributed by atoms with van der Waals surface area (Å²) in [5.74, 6) is 1.68. The van der Waals surface area contributed by atoms with E-state index in [9.17, 15) is 0 Å². The number of nitrogens with zero attached hydrogens (tertiary/aromatic N) is 1. The van der Waals surface area contributed by atoms with Crippen molar-refractivity contribution in [3.05, 3.63) is 34.9 Å². The van der Waals surface area contributed by atoms with E-state index in [4.69, 9.17) is 5.73 Å². The molecule has 0 radical (unpaired) electrons. The van der Waals surface area contributed by atoms with Gasteiger partial charge in [-0.1, -0.05) is 25.1 Å². The van der Waals surface area contributed by atoms with Gasteiger partial charge in [0.2, 0.25) is 0 Å². The molecule has 1 heterocycles. The third-order valence-corrected chi connectivity index (χ3v) is 5.75. The number of hydrogen-bond donors (Lipinski definition) is 1. The van der Waals surface area contributed by atoms with Crippen LogP contribution in [-0.2, 0) is 6.42 Å². The van der Waals surface area contributed by atoms with Crippen molar-refractivity contribution in [1.29, 1.82) is 0 Å². The lowest BCUT2D eigenvalue weighted by Crippen LogP contribution is -2.52. The van der Waals surface area contributed by atoms with E-state index in [0.717, 1.165) is 24.4 Å². The van der Waals surface area contributed by atoms with Crippen molar-refractivity contribution in [3.63, 3.8) is 0 Å². The minimum Gasteiger partial charge on any atom is -0.327 e. The van der Waals surface area contributed by atoms with Crippen LogP contribution in [0.15, 0.2) is 18.2 Å². The fourth-order valence-electron chi connectivity index (χ4n) is 4.34. The van der Waals surface area contributed by atoms with Crippen molar-refractivity contribution in [1.82, 2.24) is 4.90 Å². The molecule has 0 bridgehead atoms. The predicted molar refractivity (Wildman–Crippen MR) is 94.1 cm³/mol. The Morgan fingerprint density at radius 2 is 1.95 bits per heavy atom. The molecular formula is C20H32N2. The second kappa shape index (κ2) is 6.72. The SMILES string of the molecule is CCC(C1CC1)N1CC(N)CC(Cc2ccc(C)c(C)c2)C1. The van der Waals surface area contributed by atoms with Gasteiger partial charge in [0.05, 0.1) is 0 Å². The number of rotatable bonds is 5. The Balaban J connectivity index is 1.66. The first-order chi connectivity index (χ1) is 10.6. The molecule has 2 aliphatic rings. The monoisotopic (exact) mass is 300 g/mol. The summed E-state index contributed by atoms with van der Waals surface area (Å²) >= 11 is 0. The summed E-state index contributed by atoms with van der Waals surface area (Å²) < 4.78 is 0. The van der Waals surface area contributed by atoms with Crippen molar-refractivity contribution in [3.8, 4) is 0 Å². The molecule has 1 saturated carbocycles. The normalized spacial score (nSPS) is 27.8. The summed E-state index contributed by atoms with van der Waals surface area (Å²) in [6.45, 7) is 9.12. The van der Waals surface area contributed by atoms with E-state index in [1.165, 1.54) is 55.3 Å². The first-order valence-electron chi connectivity index (χ1n) is 9.12. The smallest absolute Gasteiger partial charge is 0.0171 e. The van der Waals surface area contributed by atoms with Crippen LogP contribution >= 0.6 is 0 Å². The summed E-state index contributed by atoms with van der Waals surface area (Å²) in [4.78, 5) is 2.72. The van der Waals surface area contributed by atoms with Gasteiger partial charge in [-0.25, -0.2) is 0 Å². The van der Waals surface area contributed by atoms with Crippen LogP contribution in [0.1, 0.15) is 49.3 Å². The number of piperidine rings is 1. The number of likely N-dealkylation sites (tertiary alicyclic amines) is 1. The van der Waals surface area contributed by atoms with Crippen LogP contribution in [0.4, 0.5) is 0 Å². The molecule has 0 aromatic heterocycles. The first-order valence-corrected chi connectivity index (χ1v) is 9.12. The molecule has 1 aromatic rings. The van der Waals surface area contributed by atoms with Gasteiger partial charge in [-0.05, 0) is 74.5 Å². The van der Waals surface area contributed by atoms with Crippen molar-refractivity contribution < 1.29 is 0 Å². The van der Waals surface area contributed by atoms with E-state index in [1.807, 2.05) is 0 Å². The van der Waals surface area contributed by atoms with E-state index in [-0.39, 0.29) is 0 Å². The second-order valence-corrected chi connectivity index (χ2v) is 7.75. The van der Waals surface area contributed by atoms with Crippen LogP contribution in [-0.4, -0.2) is 30.1 Å². The van der Waals surface area contributed by atoms with E-state index in [1.54, 1.807) is 0 Å². The summed E-state index contributed by atoms with van der Waals surface area (Å²) in [5.41, 5.74) is 10.7. The third-order valence-electron chi connectivity index (χ3n) is 5.75. The third kappa shape index (κ3) is 3.72. The second-order valence-electron chi connectivity index (χ2n) is 7.75. The van der Waals surface area contributed by atoms with Crippen LogP contribution in [0, 0.1) is 25.7 Å². The minimum atomic E-state index is 0.359. The summed E-state index contributed by atoms with van der Waals surface area (Å²) in [5, 5.41) is 0. The van der Waals surface area contributed by atoms with Gasteiger partial charge in [-0.3, -0.25) is 4.90 Å². The van der Waals surface area contributed by atoms with Gasteiger partial charge in [0.1, 0.15) is 0 Å². The Labute approximate surface area is 136 Å². The lowest BCUT2D eigenvalue weighted by atomic mass is 9.87. The highest BCUT2D eigenvalue weighted by Crippen LogP contribution is 2.38. The molecule has 122 valence electrons. The zero-order chi connectivity index (χ0) is 15.7. The molecule has 22 heavy (non-hydrogen) atoms. The molecule has 2 heteroatoms. The Hall–Kier alpha value is -0.860. The molecule has 2 fully saturated rings. The molecule has 0 amide bonds. The number of nitrogens with two attached hydrogens (primary N) is 1. The Morgan fingerprint density at radius 1 is 1.18 bits per heavy atom. The van der Waals surface area contributed by atoms with E-state index in [2.05, 4.69) is 43.9 Å². The lowest BCUT2D eigenvalue weighted by Gasteiger charge is -2.41. The molecule has 2 N–H and O–H groups in total. The number of benzene rings is 1. The molecule has 0 spiro atoms. The van der Waals surface area contributed by atoms with Crippen LogP contribution in [0.3, 0.4) is 0 Å². The zero-order valence-electron chi connectivity index (χ0n) is 14.5. The van der Waals surface area contributed by atoms with Crippen LogP contribution in [0.2, 0.25) is 0 Å². The molecule has 1 saturated heterocycles. The highest BCUT2D eigenvalue weighted by Gasteiger charge is 2.37. The van der Waals surface area contributed by atoms with Crippen molar-refractivity contribution >= 4 is 0 Å². The van der Waals surface area contributed by atoms with Gasteiger partial charge < -0.3 is 5.73 Å². The highest BCUT2D eigenvalue weighted by molar-refractivity contribution is 5.30. The topological polar surface area (TPSA) is 29.3 Å². The first kappa shape index (κ1) is 16.0. The van der Waals surface area contributed by atoms with Gasteiger partial charge in [-0.2, -0.15) is 0 Å². The fraction of sp³-hybridized carbons (Fsp3) is 0.700. The van der Waals surface area contributed by atoms with E-state index in [0.29, 0.717) is 6.04 Å². The maximum absolute atomic E-state index is 6.39. The molecule has 3 unspecified atom stereocenters. The van der Waals surface area contributed by atoms with Crippen molar-refractivity contribution in [2.45, 2.75) is 65.0 Å². The molecular weight excluding hydrogens is 268 g/mol. The van der Waals surface area contributed by atoms with Gasteiger partial charge in [0.15, 0.2) is 0 Å².